The van der Waals surface area contributed by atoms with Crippen molar-refractivity contribution in [3.05, 3.63) is 38.7 Å². The van der Waals surface area contributed by atoms with Gasteiger partial charge in [0.15, 0.2) is 0 Å². The lowest BCUT2D eigenvalue weighted by Crippen LogP contribution is -2.46. The maximum absolute atomic E-state index is 12.5. The van der Waals surface area contributed by atoms with Crippen LogP contribution in [0.5, 0.6) is 0 Å². The second-order valence-electron chi connectivity index (χ2n) is 5.40. The van der Waals surface area contributed by atoms with E-state index in [1.165, 1.54) is 6.08 Å². The first-order chi connectivity index (χ1) is 12.0. The minimum absolute atomic E-state index is 0.190. The summed E-state index contributed by atoms with van der Waals surface area (Å²) >= 11 is 13.0. The Labute approximate surface area is 158 Å². The Bertz CT molecular complexity index is 742. The second-order valence-corrected chi connectivity index (χ2v) is 7.20. The lowest BCUT2D eigenvalue weighted by atomic mass is 10.2. The molecule has 0 spiro atoms. The molecule has 2 aliphatic heterocycles. The fraction of sp³-hybridized carbons (Fsp3) is 0.312. The highest BCUT2D eigenvalue weighted by atomic mass is 35.5. The van der Waals surface area contributed by atoms with Crippen molar-refractivity contribution < 1.29 is 19.1 Å². The highest BCUT2D eigenvalue weighted by Gasteiger charge is 2.37. The van der Waals surface area contributed by atoms with E-state index in [2.05, 4.69) is 0 Å². The summed E-state index contributed by atoms with van der Waals surface area (Å²) in [4.78, 5) is 39.6. The number of nitrogens with zero attached hydrogens (tertiary/aromatic N) is 2. The number of hydrogen-bond donors (Lipinski definition) is 0. The Hall–Kier alpha value is -1.54. The van der Waals surface area contributed by atoms with Gasteiger partial charge < -0.3 is 9.64 Å². The molecule has 2 aliphatic rings. The third-order valence-electron chi connectivity index (χ3n) is 3.81. The van der Waals surface area contributed by atoms with Gasteiger partial charge in [-0.25, -0.2) is 0 Å². The SMILES string of the molecule is O=C(CN1C(=O)S/C(=C\c2c(Cl)cccc2Cl)C1=O)N1CCOCC1. The Kier molecular flexibility index (Phi) is 5.68. The van der Waals surface area contributed by atoms with Crippen molar-refractivity contribution in [1.29, 1.82) is 0 Å². The van der Waals surface area contributed by atoms with E-state index in [0.717, 1.165) is 16.7 Å². The fourth-order valence-corrected chi connectivity index (χ4v) is 3.79. The van der Waals surface area contributed by atoms with Crippen molar-refractivity contribution in [2.75, 3.05) is 32.8 Å². The quantitative estimate of drug-likeness (QED) is 0.729. The van der Waals surface area contributed by atoms with Crippen LogP contribution in [0.2, 0.25) is 10.0 Å². The maximum Gasteiger partial charge on any atom is 0.294 e. The van der Waals surface area contributed by atoms with Gasteiger partial charge in [-0.2, -0.15) is 0 Å². The molecule has 1 aromatic rings. The highest BCUT2D eigenvalue weighted by Crippen LogP contribution is 2.35. The molecular formula is C16H14Cl2N2O4S. The van der Waals surface area contributed by atoms with Crippen LogP contribution >= 0.6 is 35.0 Å². The van der Waals surface area contributed by atoms with Crippen LogP contribution in [0, 0.1) is 0 Å². The van der Waals surface area contributed by atoms with Crippen molar-refractivity contribution in [2.24, 2.45) is 0 Å². The van der Waals surface area contributed by atoms with Crippen LogP contribution in [0.15, 0.2) is 23.1 Å². The normalized spacial score (nSPS) is 19.8. The van der Waals surface area contributed by atoms with Crippen LogP contribution in [0.4, 0.5) is 4.79 Å². The van der Waals surface area contributed by atoms with Gasteiger partial charge in [0, 0.05) is 28.7 Å². The summed E-state index contributed by atoms with van der Waals surface area (Å²) in [6, 6.07) is 4.98. The van der Waals surface area contributed by atoms with Gasteiger partial charge in [0.25, 0.3) is 11.1 Å². The predicted octanol–water partition coefficient (Wildman–Crippen LogP) is 2.89. The first-order valence-electron chi connectivity index (χ1n) is 7.52. The number of benzene rings is 1. The zero-order valence-electron chi connectivity index (χ0n) is 13.0. The summed E-state index contributed by atoms with van der Waals surface area (Å²) in [7, 11) is 0. The van der Waals surface area contributed by atoms with Gasteiger partial charge in [-0.05, 0) is 30.0 Å². The summed E-state index contributed by atoms with van der Waals surface area (Å²) in [6.07, 6.45) is 1.48. The van der Waals surface area contributed by atoms with Crippen molar-refractivity contribution in [2.45, 2.75) is 0 Å². The lowest BCUT2D eigenvalue weighted by Gasteiger charge is -2.28. The van der Waals surface area contributed by atoms with Gasteiger partial charge >= 0.3 is 0 Å². The zero-order chi connectivity index (χ0) is 18.0. The molecule has 132 valence electrons. The smallest absolute Gasteiger partial charge is 0.294 e. The average molecular weight is 401 g/mol. The number of thioether (sulfide) groups is 1. The number of hydrogen-bond acceptors (Lipinski definition) is 5. The molecule has 1 aromatic carbocycles. The fourth-order valence-electron chi connectivity index (χ4n) is 2.46. The molecule has 25 heavy (non-hydrogen) atoms. The largest absolute Gasteiger partial charge is 0.378 e. The highest BCUT2D eigenvalue weighted by molar-refractivity contribution is 8.18. The molecule has 3 rings (SSSR count). The Morgan fingerprint density at radius 2 is 1.84 bits per heavy atom. The lowest BCUT2D eigenvalue weighted by molar-refractivity contribution is -0.139. The van der Waals surface area contributed by atoms with Crippen molar-refractivity contribution in [3.63, 3.8) is 0 Å². The molecule has 0 saturated carbocycles. The van der Waals surface area contributed by atoms with Gasteiger partial charge in [-0.15, -0.1) is 0 Å². The van der Waals surface area contributed by atoms with Gasteiger partial charge in [-0.3, -0.25) is 19.3 Å². The van der Waals surface area contributed by atoms with Crippen molar-refractivity contribution >= 4 is 58.1 Å². The first kappa shape index (κ1) is 18.3. The topological polar surface area (TPSA) is 66.9 Å². The van der Waals surface area contributed by atoms with E-state index >= 15 is 0 Å². The average Bonchev–Trinajstić information content (AvgIpc) is 2.86. The van der Waals surface area contributed by atoms with E-state index in [4.69, 9.17) is 27.9 Å². The van der Waals surface area contributed by atoms with Crippen molar-refractivity contribution in [1.82, 2.24) is 9.80 Å². The minimum Gasteiger partial charge on any atom is -0.378 e. The van der Waals surface area contributed by atoms with Crippen LogP contribution < -0.4 is 0 Å². The summed E-state index contributed by atoms with van der Waals surface area (Å²) < 4.78 is 5.19. The molecular weight excluding hydrogens is 387 g/mol. The molecule has 3 amide bonds. The molecule has 9 heteroatoms. The van der Waals surface area contributed by atoms with Gasteiger partial charge in [0.05, 0.1) is 18.1 Å². The number of amides is 3. The van der Waals surface area contributed by atoms with E-state index in [1.807, 2.05) is 0 Å². The van der Waals surface area contributed by atoms with Crippen LogP contribution in [-0.4, -0.2) is 59.7 Å². The molecule has 2 heterocycles. The number of halogens is 2. The van der Waals surface area contributed by atoms with E-state index in [0.29, 0.717) is 41.9 Å². The number of carbonyl (C=O) groups is 3. The Morgan fingerprint density at radius 3 is 2.48 bits per heavy atom. The second kappa shape index (κ2) is 7.78. The van der Waals surface area contributed by atoms with Crippen LogP contribution in [0.3, 0.4) is 0 Å². The van der Waals surface area contributed by atoms with Gasteiger partial charge in [0.1, 0.15) is 6.54 Å². The predicted molar refractivity (Wildman–Crippen MR) is 96.5 cm³/mol. The third-order valence-corrected chi connectivity index (χ3v) is 5.37. The standard InChI is InChI=1S/C16H14Cl2N2O4S/c17-11-2-1-3-12(18)10(11)8-13-15(22)20(16(23)25-13)9-14(21)19-4-6-24-7-5-19/h1-3,8H,4-7,9H2/b13-8-. The molecule has 2 saturated heterocycles. The number of ether oxygens (including phenoxy) is 1. The molecule has 0 unspecified atom stereocenters. The number of morpholine rings is 1. The molecule has 6 nitrogen and oxygen atoms in total. The maximum atomic E-state index is 12.5. The van der Waals surface area contributed by atoms with E-state index < -0.39 is 11.1 Å². The third kappa shape index (κ3) is 4.00. The van der Waals surface area contributed by atoms with Crippen LogP contribution in [0.25, 0.3) is 6.08 Å². The van der Waals surface area contributed by atoms with Gasteiger partial charge in [0.2, 0.25) is 5.91 Å². The van der Waals surface area contributed by atoms with Crippen LogP contribution in [-0.2, 0) is 14.3 Å². The molecule has 0 radical (unpaired) electrons. The number of imide groups is 1. The zero-order valence-corrected chi connectivity index (χ0v) is 15.4. The monoisotopic (exact) mass is 400 g/mol. The summed E-state index contributed by atoms with van der Waals surface area (Å²) in [6.45, 7) is 1.55. The summed E-state index contributed by atoms with van der Waals surface area (Å²) in [5, 5.41) is 0.272. The molecule has 0 aromatic heterocycles. The summed E-state index contributed by atoms with van der Waals surface area (Å²) in [5.74, 6) is -0.796. The van der Waals surface area contributed by atoms with Crippen LogP contribution in [0.1, 0.15) is 5.56 Å². The molecule has 0 bridgehead atoms. The van der Waals surface area contributed by atoms with E-state index in [9.17, 15) is 14.4 Å². The van der Waals surface area contributed by atoms with Gasteiger partial charge in [-0.1, -0.05) is 29.3 Å². The van der Waals surface area contributed by atoms with E-state index in [1.54, 1.807) is 23.1 Å². The number of rotatable bonds is 3. The number of carbonyl (C=O) groups excluding carboxylic acids is 3. The Morgan fingerprint density at radius 1 is 1.20 bits per heavy atom. The molecule has 2 fully saturated rings. The first-order valence-corrected chi connectivity index (χ1v) is 9.09. The van der Waals surface area contributed by atoms with E-state index in [-0.39, 0.29) is 17.4 Å². The molecule has 0 atom stereocenters. The van der Waals surface area contributed by atoms with Crippen molar-refractivity contribution in [3.8, 4) is 0 Å². The minimum atomic E-state index is -0.521. The Balaban J connectivity index is 1.76. The molecule has 0 aliphatic carbocycles. The summed E-state index contributed by atoms with van der Waals surface area (Å²) in [5.41, 5.74) is 0.468. The molecule has 0 N–H and O–H groups in total.